The zero-order chi connectivity index (χ0) is 12.5. The van der Waals surface area contributed by atoms with Gasteiger partial charge < -0.3 is 14.8 Å². The summed E-state index contributed by atoms with van der Waals surface area (Å²) in [5.74, 6) is -1.61. The maximum absolute atomic E-state index is 13.2. The minimum atomic E-state index is -0.819. The third kappa shape index (κ3) is 5.21. The summed E-state index contributed by atoms with van der Waals surface area (Å²) < 4.78 is 36.1. The number of rotatable bonds is 8. The Balaban J connectivity index is 2.16. The van der Waals surface area contributed by atoms with E-state index in [-0.39, 0.29) is 6.54 Å². The maximum atomic E-state index is 13.2. The number of hydrogen-bond donors (Lipinski definition) is 1. The summed E-state index contributed by atoms with van der Waals surface area (Å²) in [5, 5.41) is 2.97. The zero-order valence-corrected chi connectivity index (χ0v) is 9.84. The summed E-state index contributed by atoms with van der Waals surface area (Å²) in [4.78, 5) is 0. The minimum Gasteiger partial charge on any atom is -0.382 e. The summed E-state index contributed by atoms with van der Waals surface area (Å²) in [6, 6.07) is 4.15. The second kappa shape index (κ2) is 8.11. The van der Waals surface area contributed by atoms with Crippen LogP contribution in [0.15, 0.2) is 18.2 Å². The molecule has 0 saturated carbocycles. The lowest BCUT2D eigenvalue weighted by atomic mass is 10.2. The SMILES string of the molecule is COCCOCCNCc1cccc(F)c1F. The first kappa shape index (κ1) is 14.0. The van der Waals surface area contributed by atoms with Crippen LogP contribution in [0.1, 0.15) is 5.56 Å². The molecule has 3 nitrogen and oxygen atoms in total. The highest BCUT2D eigenvalue weighted by atomic mass is 19.2. The van der Waals surface area contributed by atoms with Crippen molar-refractivity contribution in [2.24, 2.45) is 0 Å². The van der Waals surface area contributed by atoms with Crippen molar-refractivity contribution in [1.82, 2.24) is 5.32 Å². The van der Waals surface area contributed by atoms with Gasteiger partial charge in [0.05, 0.1) is 19.8 Å². The van der Waals surface area contributed by atoms with E-state index in [2.05, 4.69) is 5.32 Å². The van der Waals surface area contributed by atoms with E-state index in [1.165, 1.54) is 6.07 Å². The van der Waals surface area contributed by atoms with Crippen molar-refractivity contribution in [3.63, 3.8) is 0 Å². The van der Waals surface area contributed by atoms with Gasteiger partial charge in [0.1, 0.15) is 0 Å². The minimum absolute atomic E-state index is 0.289. The van der Waals surface area contributed by atoms with Crippen LogP contribution in [0.3, 0.4) is 0 Å². The van der Waals surface area contributed by atoms with Crippen molar-refractivity contribution in [2.45, 2.75) is 6.54 Å². The quantitative estimate of drug-likeness (QED) is 0.707. The molecular formula is C12H17F2NO2. The van der Waals surface area contributed by atoms with Crippen LogP contribution in [0.5, 0.6) is 0 Å². The number of benzene rings is 1. The van der Waals surface area contributed by atoms with Crippen LogP contribution < -0.4 is 5.32 Å². The molecule has 0 bridgehead atoms. The molecule has 0 amide bonds. The Labute approximate surface area is 99.7 Å². The molecule has 1 aromatic rings. The standard InChI is InChI=1S/C12H17F2NO2/c1-16-7-8-17-6-5-15-9-10-3-2-4-11(13)12(10)14/h2-4,15H,5-9H2,1H3. The largest absolute Gasteiger partial charge is 0.382 e. The van der Waals surface area contributed by atoms with Gasteiger partial charge in [-0.05, 0) is 6.07 Å². The Hall–Kier alpha value is -1.04. The maximum Gasteiger partial charge on any atom is 0.163 e. The van der Waals surface area contributed by atoms with Gasteiger partial charge in [-0.3, -0.25) is 0 Å². The molecule has 0 unspecified atom stereocenters. The predicted molar refractivity (Wildman–Crippen MR) is 60.8 cm³/mol. The molecule has 0 fully saturated rings. The van der Waals surface area contributed by atoms with E-state index in [1.807, 2.05) is 0 Å². The van der Waals surface area contributed by atoms with E-state index < -0.39 is 11.6 Å². The molecule has 1 N–H and O–H groups in total. The molecule has 0 radical (unpaired) electrons. The molecule has 1 rings (SSSR count). The van der Waals surface area contributed by atoms with Gasteiger partial charge in [-0.1, -0.05) is 12.1 Å². The van der Waals surface area contributed by atoms with Gasteiger partial charge in [0, 0.05) is 25.8 Å². The summed E-state index contributed by atoms with van der Waals surface area (Å²) in [5.41, 5.74) is 0.321. The van der Waals surface area contributed by atoms with Crippen LogP contribution in [0, 0.1) is 11.6 Å². The van der Waals surface area contributed by atoms with Crippen LogP contribution in [-0.2, 0) is 16.0 Å². The average molecular weight is 245 g/mol. The van der Waals surface area contributed by atoms with Crippen molar-refractivity contribution in [1.29, 1.82) is 0 Å². The molecule has 0 aliphatic rings. The summed E-state index contributed by atoms with van der Waals surface area (Å²) in [7, 11) is 1.61. The highest BCUT2D eigenvalue weighted by molar-refractivity contribution is 5.18. The van der Waals surface area contributed by atoms with Crippen molar-refractivity contribution >= 4 is 0 Å². The molecular weight excluding hydrogens is 228 g/mol. The molecule has 0 aliphatic heterocycles. The summed E-state index contributed by atoms with van der Waals surface area (Å²) in [6.45, 7) is 2.47. The van der Waals surface area contributed by atoms with Crippen LogP contribution >= 0.6 is 0 Å². The van der Waals surface area contributed by atoms with Gasteiger partial charge in [-0.15, -0.1) is 0 Å². The summed E-state index contributed by atoms with van der Waals surface area (Å²) in [6.07, 6.45) is 0. The topological polar surface area (TPSA) is 30.5 Å². The number of methoxy groups -OCH3 is 1. The lowest BCUT2D eigenvalue weighted by molar-refractivity contribution is 0.0719. The molecule has 1 aromatic carbocycles. The molecule has 96 valence electrons. The van der Waals surface area contributed by atoms with Gasteiger partial charge in [0.15, 0.2) is 11.6 Å². The predicted octanol–water partition coefficient (Wildman–Crippen LogP) is 1.72. The monoisotopic (exact) mass is 245 g/mol. The van der Waals surface area contributed by atoms with Crippen molar-refractivity contribution in [3.05, 3.63) is 35.4 Å². The van der Waals surface area contributed by atoms with Crippen LogP contribution in [-0.4, -0.2) is 33.5 Å². The highest BCUT2D eigenvalue weighted by Crippen LogP contribution is 2.10. The van der Waals surface area contributed by atoms with E-state index >= 15 is 0 Å². The Kier molecular flexibility index (Phi) is 6.69. The Bertz CT molecular complexity index is 334. The van der Waals surface area contributed by atoms with Crippen LogP contribution in [0.4, 0.5) is 8.78 Å². The Morgan fingerprint density at radius 1 is 1.18 bits per heavy atom. The number of nitrogens with one attached hydrogen (secondary N) is 1. The number of hydrogen-bond acceptors (Lipinski definition) is 3. The fourth-order valence-corrected chi connectivity index (χ4v) is 1.30. The van der Waals surface area contributed by atoms with Crippen LogP contribution in [0.25, 0.3) is 0 Å². The second-order valence-electron chi connectivity index (χ2n) is 3.49. The fraction of sp³-hybridized carbons (Fsp3) is 0.500. The molecule has 5 heteroatoms. The smallest absolute Gasteiger partial charge is 0.163 e. The van der Waals surface area contributed by atoms with Crippen LogP contribution in [0.2, 0.25) is 0 Å². The number of halogens is 2. The van der Waals surface area contributed by atoms with E-state index in [4.69, 9.17) is 9.47 Å². The number of ether oxygens (including phenoxy) is 2. The summed E-state index contributed by atoms with van der Waals surface area (Å²) >= 11 is 0. The van der Waals surface area contributed by atoms with E-state index in [9.17, 15) is 8.78 Å². The second-order valence-corrected chi connectivity index (χ2v) is 3.49. The average Bonchev–Trinajstić information content (AvgIpc) is 2.33. The molecule has 0 saturated heterocycles. The Morgan fingerprint density at radius 3 is 2.76 bits per heavy atom. The third-order valence-electron chi connectivity index (χ3n) is 2.20. The lowest BCUT2D eigenvalue weighted by Crippen LogP contribution is -2.20. The first-order valence-electron chi connectivity index (χ1n) is 5.46. The highest BCUT2D eigenvalue weighted by Gasteiger charge is 2.06. The zero-order valence-electron chi connectivity index (χ0n) is 9.84. The van der Waals surface area contributed by atoms with Gasteiger partial charge in [-0.25, -0.2) is 8.78 Å². The van der Waals surface area contributed by atoms with Crippen molar-refractivity contribution in [2.75, 3.05) is 33.5 Å². The normalized spacial score (nSPS) is 10.8. The van der Waals surface area contributed by atoms with E-state index in [0.717, 1.165) is 6.07 Å². The van der Waals surface area contributed by atoms with E-state index in [1.54, 1.807) is 13.2 Å². The molecule has 0 spiro atoms. The van der Waals surface area contributed by atoms with E-state index in [0.29, 0.717) is 31.9 Å². The molecule has 17 heavy (non-hydrogen) atoms. The molecule has 0 aromatic heterocycles. The lowest BCUT2D eigenvalue weighted by Gasteiger charge is -2.07. The first-order valence-corrected chi connectivity index (χ1v) is 5.46. The third-order valence-corrected chi connectivity index (χ3v) is 2.20. The van der Waals surface area contributed by atoms with Gasteiger partial charge >= 0.3 is 0 Å². The van der Waals surface area contributed by atoms with Crippen molar-refractivity contribution in [3.8, 4) is 0 Å². The molecule has 0 atom stereocenters. The molecule has 0 heterocycles. The Morgan fingerprint density at radius 2 is 2.00 bits per heavy atom. The van der Waals surface area contributed by atoms with Crippen molar-refractivity contribution < 1.29 is 18.3 Å². The van der Waals surface area contributed by atoms with Gasteiger partial charge in [-0.2, -0.15) is 0 Å². The fourth-order valence-electron chi connectivity index (χ4n) is 1.30. The first-order chi connectivity index (χ1) is 8.25. The van der Waals surface area contributed by atoms with Gasteiger partial charge in [0.25, 0.3) is 0 Å². The van der Waals surface area contributed by atoms with Gasteiger partial charge in [0.2, 0.25) is 0 Å². The molecule has 0 aliphatic carbocycles.